The van der Waals surface area contributed by atoms with Crippen molar-refractivity contribution in [3.63, 3.8) is 0 Å². The van der Waals surface area contributed by atoms with E-state index in [9.17, 15) is 0 Å². The van der Waals surface area contributed by atoms with Crippen LogP contribution in [-0.2, 0) is 6.42 Å². The van der Waals surface area contributed by atoms with Gasteiger partial charge in [-0.3, -0.25) is 0 Å². The van der Waals surface area contributed by atoms with E-state index in [1.165, 1.54) is 28.6 Å². The Labute approximate surface area is 131 Å². The van der Waals surface area contributed by atoms with E-state index in [4.69, 9.17) is 5.73 Å². The highest BCUT2D eigenvalue weighted by Crippen LogP contribution is 2.34. The number of rotatable bonds is 7. The number of anilines is 1. The molecule has 0 radical (unpaired) electrons. The summed E-state index contributed by atoms with van der Waals surface area (Å²) in [6, 6.07) is 7.80. The van der Waals surface area contributed by atoms with E-state index >= 15 is 0 Å². The Morgan fingerprint density at radius 1 is 1.35 bits per heavy atom. The largest absolute Gasteiger partial charge is 0.368 e. The Morgan fingerprint density at radius 3 is 2.55 bits per heavy atom. The Morgan fingerprint density at radius 2 is 2.05 bits per heavy atom. The molecule has 0 aromatic heterocycles. The lowest BCUT2D eigenvalue weighted by Crippen LogP contribution is -2.29. The van der Waals surface area contributed by atoms with Crippen molar-refractivity contribution in [1.82, 2.24) is 0 Å². The van der Waals surface area contributed by atoms with Crippen molar-refractivity contribution in [2.24, 2.45) is 11.7 Å². The zero-order chi connectivity index (χ0) is 14.7. The zero-order valence-electron chi connectivity index (χ0n) is 12.9. The fourth-order valence-corrected chi connectivity index (χ4v) is 3.08. The smallest absolute Gasteiger partial charge is 0.0380 e. The summed E-state index contributed by atoms with van der Waals surface area (Å²) in [6.07, 6.45) is 4.65. The van der Waals surface area contributed by atoms with Crippen LogP contribution in [0.2, 0.25) is 0 Å². The van der Waals surface area contributed by atoms with Gasteiger partial charge >= 0.3 is 0 Å². The molecule has 2 N–H and O–H groups in total. The van der Waals surface area contributed by atoms with E-state index < -0.39 is 0 Å². The lowest BCUT2D eigenvalue weighted by molar-refractivity contribution is 0.607. The van der Waals surface area contributed by atoms with Crippen LogP contribution >= 0.6 is 15.9 Å². The molecule has 0 heterocycles. The van der Waals surface area contributed by atoms with E-state index in [0.29, 0.717) is 5.92 Å². The summed E-state index contributed by atoms with van der Waals surface area (Å²) in [6.45, 7) is 7.87. The summed E-state index contributed by atoms with van der Waals surface area (Å²) in [5.74, 6) is 0.697. The molecule has 0 spiro atoms. The molecule has 1 aliphatic rings. The maximum absolute atomic E-state index is 6.06. The van der Waals surface area contributed by atoms with E-state index in [1.807, 2.05) is 0 Å². The van der Waals surface area contributed by atoms with Crippen LogP contribution in [0.4, 0.5) is 5.69 Å². The first-order valence-corrected chi connectivity index (χ1v) is 8.61. The lowest BCUT2D eigenvalue weighted by atomic mass is 10.0. The van der Waals surface area contributed by atoms with Gasteiger partial charge in [0, 0.05) is 28.8 Å². The first-order valence-electron chi connectivity index (χ1n) is 7.81. The van der Waals surface area contributed by atoms with Crippen LogP contribution < -0.4 is 10.6 Å². The van der Waals surface area contributed by atoms with Gasteiger partial charge in [0.25, 0.3) is 0 Å². The summed E-state index contributed by atoms with van der Waals surface area (Å²) < 4.78 is 1.20. The van der Waals surface area contributed by atoms with Gasteiger partial charge in [-0.05, 0) is 49.3 Å². The average Bonchev–Trinajstić information content (AvgIpc) is 3.22. The van der Waals surface area contributed by atoms with Crippen molar-refractivity contribution in [3.8, 4) is 0 Å². The van der Waals surface area contributed by atoms with Gasteiger partial charge in [-0.15, -0.1) is 0 Å². The van der Waals surface area contributed by atoms with Crippen molar-refractivity contribution in [2.75, 3.05) is 11.4 Å². The van der Waals surface area contributed by atoms with E-state index in [0.717, 1.165) is 25.4 Å². The molecule has 0 aliphatic heterocycles. The molecule has 1 saturated carbocycles. The Bertz CT molecular complexity index is 441. The normalized spacial score (nSPS) is 16.5. The topological polar surface area (TPSA) is 29.3 Å². The first kappa shape index (κ1) is 15.8. The summed E-state index contributed by atoms with van der Waals surface area (Å²) in [4.78, 5) is 2.57. The monoisotopic (exact) mass is 338 g/mol. The van der Waals surface area contributed by atoms with Crippen LogP contribution in [0, 0.1) is 5.92 Å². The maximum Gasteiger partial charge on any atom is 0.0380 e. The highest BCUT2D eigenvalue weighted by atomic mass is 79.9. The van der Waals surface area contributed by atoms with Gasteiger partial charge in [0.2, 0.25) is 0 Å². The molecule has 0 bridgehead atoms. The van der Waals surface area contributed by atoms with Gasteiger partial charge in [-0.2, -0.15) is 0 Å². The molecule has 0 saturated heterocycles. The molecular weight excluding hydrogens is 312 g/mol. The van der Waals surface area contributed by atoms with Crippen molar-refractivity contribution in [2.45, 2.75) is 58.5 Å². The van der Waals surface area contributed by atoms with Crippen molar-refractivity contribution < 1.29 is 0 Å². The molecule has 20 heavy (non-hydrogen) atoms. The number of benzene rings is 1. The van der Waals surface area contributed by atoms with Crippen molar-refractivity contribution >= 4 is 21.6 Å². The van der Waals surface area contributed by atoms with Crippen LogP contribution in [0.1, 0.15) is 45.6 Å². The highest BCUT2D eigenvalue weighted by Gasteiger charge is 2.29. The molecule has 3 heteroatoms. The zero-order valence-corrected chi connectivity index (χ0v) is 14.5. The third-order valence-electron chi connectivity index (χ3n) is 3.92. The Hall–Kier alpha value is -0.540. The van der Waals surface area contributed by atoms with Gasteiger partial charge in [0.05, 0.1) is 0 Å². The van der Waals surface area contributed by atoms with Crippen LogP contribution in [0.15, 0.2) is 22.7 Å². The summed E-state index contributed by atoms with van der Waals surface area (Å²) >= 11 is 3.73. The van der Waals surface area contributed by atoms with Gasteiger partial charge in [-0.1, -0.05) is 42.8 Å². The molecule has 2 rings (SSSR count). The van der Waals surface area contributed by atoms with Gasteiger partial charge in [0.1, 0.15) is 0 Å². The molecule has 2 nitrogen and oxygen atoms in total. The molecule has 1 atom stereocenters. The number of nitrogens with zero attached hydrogens (tertiary/aromatic N) is 1. The van der Waals surface area contributed by atoms with E-state index in [1.54, 1.807) is 0 Å². The lowest BCUT2D eigenvalue weighted by Gasteiger charge is -2.27. The van der Waals surface area contributed by atoms with Crippen LogP contribution in [0.5, 0.6) is 0 Å². The standard InChI is InChI=1S/C17H27BrN2/c1-4-14(19)9-13-5-6-16(10-17(13)18)20(11-12(2)3)15-7-8-15/h5-6,10,12,14-15H,4,7-9,11,19H2,1-3H3. The maximum atomic E-state index is 6.06. The second kappa shape index (κ2) is 6.95. The minimum absolute atomic E-state index is 0.257. The SMILES string of the molecule is CCC(N)Cc1ccc(N(CC(C)C)C2CC2)cc1Br. The quantitative estimate of drug-likeness (QED) is 0.800. The van der Waals surface area contributed by atoms with Gasteiger partial charge < -0.3 is 10.6 Å². The Balaban J connectivity index is 2.14. The van der Waals surface area contributed by atoms with Crippen molar-refractivity contribution in [1.29, 1.82) is 0 Å². The number of hydrogen-bond donors (Lipinski definition) is 1. The third-order valence-corrected chi connectivity index (χ3v) is 4.66. The van der Waals surface area contributed by atoms with Crippen molar-refractivity contribution in [3.05, 3.63) is 28.2 Å². The van der Waals surface area contributed by atoms with Gasteiger partial charge in [0.15, 0.2) is 0 Å². The highest BCUT2D eigenvalue weighted by molar-refractivity contribution is 9.10. The van der Waals surface area contributed by atoms with Crippen LogP contribution in [0.25, 0.3) is 0 Å². The fourth-order valence-electron chi connectivity index (χ4n) is 2.55. The minimum Gasteiger partial charge on any atom is -0.368 e. The fraction of sp³-hybridized carbons (Fsp3) is 0.647. The van der Waals surface area contributed by atoms with Crippen LogP contribution in [0.3, 0.4) is 0 Å². The number of nitrogens with two attached hydrogens (primary N) is 1. The summed E-state index contributed by atoms with van der Waals surface area (Å²) in [7, 11) is 0. The molecule has 1 aromatic rings. The average molecular weight is 339 g/mol. The predicted molar refractivity (Wildman–Crippen MR) is 91.3 cm³/mol. The van der Waals surface area contributed by atoms with E-state index in [-0.39, 0.29) is 6.04 Å². The molecule has 0 amide bonds. The molecule has 1 aromatic carbocycles. The summed E-state index contributed by atoms with van der Waals surface area (Å²) in [5.41, 5.74) is 8.74. The number of halogens is 1. The van der Waals surface area contributed by atoms with Crippen LogP contribution in [-0.4, -0.2) is 18.6 Å². The molecule has 1 fully saturated rings. The molecular formula is C17H27BrN2. The molecule has 112 valence electrons. The van der Waals surface area contributed by atoms with Gasteiger partial charge in [-0.25, -0.2) is 0 Å². The predicted octanol–water partition coefficient (Wildman–Crippen LogP) is 4.35. The summed E-state index contributed by atoms with van der Waals surface area (Å²) in [5, 5.41) is 0. The second-order valence-electron chi connectivity index (χ2n) is 6.43. The first-order chi connectivity index (χ1) is 9.51. The Kier molecular flexibility index (Phi) is 5.50. The second-order valence-corrected chi connectivity index (χ2v) is 7.28. The number of hydrogen-bond acceptors (Lipinski definition) is 2. The minimum atomic E-state index is 0.257. The third kappa shape index (κ3) is 4.23. The molecule has 1 unspecified atom stereocenters. The molecule has 1 aliphatic carbocycles. The van der Waals surface area contributed by atoms with E-state index in [2.05, 4.69) is 59.8 Å².